The first kappa shape index (κ1) is 19.2. The molecule has 2 aromatic rings. The number of fused-ring (bicyclic) bond motifs is 1. The number of aromatic nitrogens is 1. The predicted octanol–water partition coefficient (Wildman–Crippen LogP) is 4.28. The summed E-state index contributed by atoms with van der Waals surface area (Å²) in [4.78, 5) is 16.1. The Morgan fingerprint density at radius 1 is 1.17 bits per heavy atom. The molecule has 2 aliphatic rings. The second-order valence-corrected chi connectivity index (χ2v) is 7.38. The number of carbonyl (C=O) groups is 1. The summed E-state index contributed by atoms with van der Waals surface area (Å²) >= 11 is 0.232. The van der Waals surface area contributed by atoms with Crippen LogP contribution in [-0.2, 0) is 4.79 Å². The number of para-hydroxylation sites is 1. The van der Waals surface area contributed by atoms with Crippen LogP contribution in [0.5, 0.6) is 0 Å². The molecule has 1 aromatic carbocycles. The predicted molar refractivity (Wildman–Crippen MR) is 106 cm³/mol. The van der Waals surface area contributed by atoms with Crippen molar-refractivity contribution >= 4 is 39.8 Å². The number of aryl methyl sites for hydroxylation is 1. The number of hydrazone groups is 1. The summed E-state index contributed by atoms with van der Waals surface area (Å²) in [5.74, 6) is -1.20. The van der Waals surface area contributed by atoms with Gasteiger partial charge < -0.3 is 4.57 Å². The molecule has 6 nitrogen and oxygen atoms in total. The summed E-state index contributed by atoms with van der Waals surface area (Å²) in [6, 6.07) is 11.4. The Morgan fingerprint density at radius 2 is 1.86 bits per heavy atom. The van der Waals surface area contributed by atoms with Crippen molar-refractivity contribution in [1.29, 1.82) is 5.41 Å². The molecule has 0 bridgehead atoms. The van der Waals surface area contributed by atoms with E-state index in [1.165, 1.54) is 6.08 Å². The molecule has 4 rings (SSSR count). The first-order chi connectivity index (χ1) is 13.7. The average Bonchev–Trinajstić information content (AvgIpc) is 3.20. The van der Waals surface area contributed by atoms with Gasteiger partial charge in [0.1, 0.15) is 0 Å². The number of halogens is 3. The lowest BCUT2D eigenvalue weighted by Crippen LogP contribution is -2.35. The molecule has 148 valence electrons. The van der Waals surface area contributed by atoms with E-state index < -0.39 is 23.0 Å². The first-order valence-electron chi connectivity index (χ1n) is 8.48. The van der Waals surface area contributed by atoms with Gasteiger partial charge in [-0.15, -0.1) is 0 Å². The topological polar surface area (TPSA) is 73.8 Å². The highest BCUT2D eigenvalue weighted by Gasteiger charge is 2.46. The molecule has 2 aliphatic heterocycles. The van der Waals surface area contributed by atoms with Crippen molar-refractivity contribution in [2.75, 3.05) is 0 Å². The van der Waals surface area contributed by atoms with E-state index in [2.05, 4.69) is 10.1 Å². The molecule has 0 unspecified atom stereocenters. The number of amidine groups is 2. The standard InChI is InChI=1S/C19H14F3N5OS/c1-10-8-12(11(2)26(10)13-6-4-3-5-7-13)9-14-15(23)27-18(24-16(14)28)29-17(25-27)19(20,21)22/h3-9,23H,1-2H3/b14-9-,23-15?. The molecule has 29 heavy (non-hydrogen) atoms. The fraction of sp³-hybridized carbons (Fsp3) is 0.158. The third-order valence-electron chi connectivity index (χ3n) is 4.48. The van der Waals surface area contributed by atoms with Crippen LogP contribution in [0.2, 0.25) is 0 Å². The zero-order valence-electron chi connectivity index (χ0n) is 15.3. The minimum absolute atomic E-state index is 0.116. The maximum atomic E-state index is 12.9. The number of nitrogens with one attached hydrogen (secondary N) is 1. The van der Waals surface area contributed by atoms with Gasteiger partial charge in [0, 0.05) is 17.1 Å². The second-order valence-electron chi connectivity index (χ2n) is 6.42. The highest BCUT2D eigenvalue weighted by atomic mass is 32.2. The molecule has 10 heteroatoms. The molecule has 0 aliphatic carbocycles. The molecule has 0 spiro atoms. The minimum Gasteiger partial charge on any atom is -0.318 e. The van der Waals surface area contributed by atoms with E-state index in [-0.39, 0.29) is 22.5 Å². The van der Waals surface area contributed by atoms with Gasteiger partial charge in [-0.3, -0.25) is 10.2 Å². The SMILES string of the molecule is Cc1cc(/C=C2/C(=N)N3N=C(C(F)(F)F)SC3=NC2=O)c(C)n1-c1ccccc1. The normalized spacial score (nSPS) is 18.2. The van der Waals surface area contributed by atoms with E-state index in [4.69, 9.17) is 5.41 Å². The number of hydrogen-bond acceptors (Lipinski definition) is 4. The number of benzene rings is 1. The van der Waals surface area contributed by atoms with Crippen LogP contribution in [0.4, 0.5) is 13.2 Å². The van der Waals surface area contributed by atoms with Crippen LogP contribution in [0.25, 0.3) is 11.8 Å². The van der Waals surface area contributed by atoms with Gasteiger partial charge in [-0.25, -0.2) is 0 Å². The lowest BCUT2D eigenvalue weighted by molar-refractivity contribution is -0.114. The number of carbonyl (C=O) groups excluding carboxylic acids is 1. The Bertz CT molecular complexity index is 1130. The van der Waals surface area contributed by atoms with Gasteiger partial charge >= 0.3 is 6.18 Å². The number of rotatable bonds is 2. The van der Waals surface area contributed by atoms with Crippen LogP contribution in [0.3, 0.4) is 0 Å². The van der Waals surface area contributed by atoms with Crippen molar-refractivity contribution in [3.8, 4) is 5.69 Å². The Labute approximate surface area is 167 Å². The van der Waals surface area contributed by atoms with E-state index >= 15 is 0 Å². The second kappa shape index (κ2) is 6.73. The molecule has 3 heterocycles. The molecular weight excluding hydrogens is 403 g/mol. The van der Waals surface area contributed by atoms with E-state index in [0.29, 0.717) is 5.56 Å². The molecule has 0 saturated carbocycles. The van der Waals surface area contributed by atoms with Crippen molar-refractivity contribution in [2.24, 2.45) is 10.1 Å². The Balaban J connectivity index is 1.74. The van der Waals surface area contributed by atoms with Gasteiger partial charge in [0.15, 0.2) is 5.84 Å². The molecule has 0 atom stereocenters. The summed E-state index contributed by atoms with van der Waals surface area (Å²) < 4.78 is 40.8. The summed E-state index contributed by atoms with van der Waals surface area (Å²) in [6.45, 7) is 3.77. The Morgan fingerprint density at radius 3 is 2.52 bits per heavy atom. The minimum atomic E-state index is -4.67. The fourth-order valence-electron chi connectivity index (χ4n) is 3.17. The number of aliphatic imine (C=N–C) groups is 1. The Kier molecular flexibility index (Phi) is 4.45. The van der Waals surface area contributed by atoms with Crippen LogP contribution in [0.15, 0.2) is 52.1 Å². The van der Waals surface area contributed by atoms with Gasteiger partial charge in [-0.1, -0.05) is 18.2 Å². The van der Waals surface area contributed by atoms with Crippen molar-refractivity contribution in [1.82, 2.24) is 9.58 Å². The monoisotopic (exact) mass is 417 g/mol. The van der Waals surface area contributed by atoms with Crippen LogP contribution in [0.1, 0.15) is 17.0 Å². The number of alkyl halides is 3. The van der Waals surface area contributed by atoms with Crippen molar-refractivity contribution in [3.05, 3.63) is 58.9 Å². The number of amides is 1. The van der Waals surface area contributed by atoms with E-state index in [1.54, 1.807) is 0 Å². The van der Waals surface area contributed by atoms with Gasteiger partial charge in [0.2, 0.25) is 10.2 Å². The highest BCUT2D eigenvalue weighted by molar-refractivity contribution is 8.27. The molecule has 1 amide bonds. The maximum absolute atomic E-state index is 12.9. The molecule has 1 aromatic heterocycles. The van der Waals surface area contributed by atoms with Crippen molar-refractivity contribution < 1.29 is 18.0 Å². The summed E-state index contributed by atoms with van der Waals surface area (Å²) in [6.07, 6.45) is -3.20. The zero-order chi connectivity index (χ0) is 20.9. The quantitative estimate of drug-likeness (QED) is 0.742. The van der Waals surface area contributed by atoms with Crippen LogP contribution in [0, 0.1) is 19.3 Å². The van der Waals surface area contributed by atoms with Gasteiger partial charge in [-0.05, 0) is 55.4 Å². The van der Waals surface area contributed by atoms with Crippen molar-refractivity contribution in [3.63, 3.8) is 0 Å². The largest absolute Gasteiger partial charge is 0.441 e. The van der Waals surface area contributed by atoms with E-state index in [1.807, 2.05) is 54.8 Å². The summed E-state index contributed by atoms with van der Waals surface area (Å²) in [5, 5.41) is 10.9. The fourth-order valence-corrected chi connectivity index (χ4v) is 3.93. The Hall–Kier alpha value is -3.14. The van der Waals surface area contributed by atoms with Gasteiger partial charge in [-0.2, -0.15) is 28.3 Å². The summed E-state index contributed by atoms with van der Waals surface area (Å²) in [7, 11) is 0. The maximum Gasteiger partial charge on any atom is 0.441 e. The smallest absolute Gasteiger partial charge is 0.318 e. The number of nitrogens with zero attached hydrogens (tertiary/aromatic N) is 4. The van der Waals surface area contributed by atoms with E-state index in [0.717, 1.165) is 22.1 Å². The van der Waals surface area contributed by atoms with Crippen LogP contribution < -0.4 is 0 Å². The zero-order valence-corrected chi connectivity index (χ0v) is 16.1. The first-order valence-corrected chi connectivity index (χ1v) is 9.30. The highest BCUT2D eigenvalue weighted by Crippen LogP contribution is 2.35. The molecular formula is C19H14F3N5OS. The third kappa shape index (κ3) is 3.29. The molecule has 0 radical (unpaired) electrons. The van der Waals surface area contributed by atoms with Crippen molar-refractivity contribution in [2.45, 2.75) is 20.0 Å². The lowest BCUT2D eigenvalue weighted by Gasteiger charge is -2.20. The summed E-state index contributed by atoms with van der Waals surface area (Å²) in [5.41, 5.74) is 3.23. The van der Waals surface area contributed by atoms with Gasteiger partial charge in [0.05, 0.1) is 5.57 Å². The molecule has 0 fully saturated rings. The van der Waals surface area contributed by atoms with Crippen LogP contribution in [-0.4, -0.2) is 37.7 Å². The number of thioether (sulfide) groups is 1. The molecule has 0 saturated heterocycles. The van der Waals surface area contributed by atoms with Gasteiger partial charge in [0.25, 0.3) is 5.91 Å². The molecule has 1 N–H and O–H groups in total. The lowest BCUT2D eigenvalue weighted by atomic mass is 10.1. The van der Waals surface area contributed by atoms with E-state index in [9.17, 15) is 18.0 Å². The van der Waals surface area contributed by atoms with Crippen LogP contribution >= 0.6 is 11.8 Å². The number of hydrogen-bond donors (Lipinski definition) is 1. The average molecular weight is 417 g/mol. The third-order valence-corrected chi connectivity index (χ3v) is 5.43.